The summed E-state index contributed by atoms with van der Waals surface area (Å²) in [6.07, 6.45) is -0.602. The van der Waals surface area contributed by atoms with Crippen molar-refractivity contribution in [2.75, 3.05) is 106 Å². The van der Waals surface area contributed by atoms with Crippen LogP contribution in [-0.2, 0) is 118 Å². The molecule has 0 spiro atoms. The summed E-state index contributed by atoms with van der Waals surface area (Å²) in [5, 5.41) is 56.0. The van der Waals surface area contributed by atoms with E-state index >= 15 is 0 Å². The number of hydrogen-bond donors (Lipinski definition) is 5. The molecular weight excluding hydrogens is 1640 g/mol. The molecule has 0 fully saturated rings. The van der Waals surface area contributed by atoms with Gasteiger partial charge in [-0.2, -0.15) is 0 Å². The smallest absolute Gasteiger partial charge is 0.306 e. The number of aryl methyl sites for hydroxylation is 2. The Morgan fingerprint density at radius 1 is 0.276 bits per heavy atom. The SMILES string of the molecule is CCc1c(OCCOCCOCCOC(=O)CC(C)C(=O)O)c(Cc2c(OCCOC(=O)CC(C)CC(=O)O)c(Cc3c(OCCOCCOC(=O)CC(C)C(=O)O)c(Cc4c(OCCOC(=O)CC(C)C(=O)O)c(Cc5c(OCCOC(=O)CC(C)C(=O)O)c(C)cc6ccccc56)cc5ccccc45)cc4ccccc34)cc3ccccc23)cc2ccccc12. The van der Waals surface area contributed by atoms with E-state index in [4.69, 9.17) is 61.6 Å². The van der Waals surface area contributed by atoms with E-state index < -0.39 is 95.7 Å². The lowest BCUT2D eigenvalue weighted by Crippen LogP contribution is -2.19. The van der Waals surface area contributed by atoms with Gasteiger partial charge >= 0.3 is 59.7 Å². The zero-order chi connectivity index (χ0) is 91.1. The molecule has 0 heterocycles. The highest BCUT2D eigenvalue weighted by atomic mass is 16.6. The second kappa shape index (κ2) is 48.0. The van der Waals surface area contributed by atoms with Gasteiger partial charge in [0, 0.05) is 66.3 Å². The van der Waals surface area contributed by atoms with Crippen LogP contribution in [0.2, 0.25) is 0 Å². The van der Waals surface area contributed by atoms with Crippen LogP contribution in [0.25, 0.3) is 53.9 Å². The molecule has 28 nitrogen and oxygen atoms in total. The Morgan fingerprint density at radius 3 is 0.795 bits per heavy atom. The zero-order valence-electron chi connectivity index (χ0n) is 72.5. The molecule has 5 atom stereocenters. The number of carboxylic acids is 5. The molecular formula is C99H110O28. The Bertz CT molecular complexity index is 5560. The minimum absolute atomic E-state index is 0.0369. The molecule has 0 aromatic heterocycles. The van der Waals surface area contributed by atoms with E-state index in [-0.39, 0.29) is 163 Å². The van der Waals surface area contributed by atoms with Crippen molar-refractivity contribution in [2.45, 2.75) is 119 Å². The number of benzene rings is 10. The second-order valence-corrected chi connectivity index (χ2v) is 31.4. The van der Waals surface area contributed by atoms with Crippen LogP contribution in [0.3, 0.4) is 0 Å². The lowest BCUT2D eigenvalue weighted by Gasteiger charge is -2.25. The lowest BCUT2D eigenvalue weighted by atomic mass is 9.86. The molecule has 0 amide bonds. The molecule has 0 saturated heterocycles. The topological polar surface area (TPSA) is 392 Å². The van der Waals surface area contributed by atoms with Gasteiger partial charge in [-0.3, -0.25) is 47.9 Å². The summed E-state index contributed by atoms with van der Waals surface area (Å²) in [5.41, 5.74) is 7.35. The van der Waals surface area contributed by atoms with Gasteiger partial charge in [0.15, 0.2) is 0 Å². The van der Waals surface area contributed by atoms with E-state index in [9.17, 15) is 73.5 Å². The van der Waals surface area contributed by atoms with Gasteiger partial charge in [-0.1, -0.05) is 163 Å². The van der Waals surface area contributed by atoms with Crippen molar-refractivity contribution in [3.05, 3.63) is 207 Å². The van der Waals surface area contributed by atoms with Crippen molar-refractivity contribution in [1.29, 1.82) is 0 Å². The Balaban J connectivity index is 1.11. The fraction of sp³-hybridized carbons (Fsp3) is 0.394. The van der Waals surface area contributed by atoms with Crippen LogP contribution in [0.15, 0.2) is 152 Å². The summed E-state index contributed by atoms with van der Waals surface area (Å²) >= 11 is 0. The average Bonchev–Trinajstić information content (AvgIpc) is 0.752. The molecule has 127 heavy (non-hydrogen) atoms. The van der Waals surface area contributed by atoms with Crippen LogP contribution in [-0.4, -0.2) is 191 Å². The fourth-order valence-corrected chi connectivity index (χ4v) is 15.1. The quantitative estimate of drug-likeness (QED) is 0.0134. The Labute approximate surface area is 735 Å². The highest BCUT2D eigenvalue weighted by Gasteiger charge is 2.29. The number of aliphatic carboxylic acids is 5. The summed E-state index contributed by atoms with van der Waals surface area (Å²) in [6, 6.07) is 49.6. The van der Waals surface area contributed by atoms with Gasteiger partial charge in [0.1, 0.15) is 94.8 Å². The van der Waals surface area contributed by atoms with E-state index in [0.717, 1.165) is 81.7 Å². The number of hydrogen-bond acceptors (Lipinski definition) is 23. The van der Waals surface area contributed by atoms with Gasteiger partial charge in [0.2, 0.25) is 0 Å². The molecule has 28 heteroatoms. The predicted octanol–water partition coefficient (Wildman–Crippen LogP) is 15.3. The van der Waals surface area contributed by atoms with Gasteiger partial charge in [-0.25, -0.2) is 0 Å². The minimum Gasteiger partial charge on any atom is -0.491 e. The summed E-state index contributed by atoms with van der Waals surface area (Å²) in [5.74, 6) is -11.0. The van der Waals surface area contributed by atoms with Crippen molar-refractivity contribution in [1.82, 2.24) is 0 Å². The summed E-state index contributed by atoms with van der Waals surface area (Å²) in [7, 11) is 0. The standard InChI is InChI=1S/C99H110O28/c1-8-75-76-24-14-10-20-67(76)52-71(92(75)124-37-33-116-30-29-115-31-35-118-87(103)48-62(4)96(107)108)57-82-78-26-16-12-23-70(78)55-74(95(82)126-43-40-120-86(102)46-60(2)45-85(100)101)59-83-79-27-17-13-22-69(79)54-73(93(83)125-38-34-117-32-36-119-88(104)49-63(5)97(109)110)58-84-80-28-18-11-21-68(80)53-72(94(84)127-44-41-122-90(106)51-65(7)99(113)114)56-81-77-25-15-9-19-66(77)47-61(3)91(81)123-42-39-121-89(105)50-64(6)98(111)112/h9-28,47,52-55,60,62-65H,8,29-46,48-51,56-59H2,1-7H3,(H,100,101)(H,107,108)(H,109,110)(H,111,112)(H,113,114). The number of ether oxygens (including phenoxy) is 13. The first kappa shape index (κ1) is 96.3. The number of rotatable bonds is 54. The number of carboxylic acid groups (broad SMARTS) is 5. The molecule has 10 aromatic rings. The van der Waals surface area contributed by atoms with Crippen LogP contribution in [0.5, 0.6) is 28.7 Å². The largest absolute Gasteiger partial charge is 0.491 e. The van der Waals surface area contributed by atoms with Crippen molar-refractivity contribution >= 4 is 114 Å². The van der Waals surface area contributed by atoms with E-state index in [1.165, 1.54) is 27.7 Å². The third-order valence-corrected chi connectivity index (χ3v) is 21.5. The van der Waals surface area contributed by atoms with Crippen molar-refractivity contribution in [3.8, 4) is 28.7 Å². The molecule has 0 aliphatic heterocycles. The molecule has 0 saturated carbocycles. The maximum absolute atomic E-state index is 13.5. The summed E-state index contributed by atoms with van der Waals surface area (Å²) in [6.45, 7) is 10.4. The minimum atomic E-state index is -1.17. The average molecular weight is 1750 g/mol. The Kier molecular flexibility index (Phi) is 36.4. The molecule has 10 rings (SSSR count). The predicted molar refractivity (Wildman–Crippen MR) is 472 cm³/mol. The Morgan fingerprint density at radius 2 is 0.504 bits per heavy atom. The van der Waals surface area contributed by atoms with E-state index in [0.29, 0.717) is 63.0 Å². The van der Waals surface area contributed by atoms with Gasteiger partial charge in [0.25, 0.3) is 0 Å². The molecule has 0 aliphatic carbocycles. The Hall–Kier alpha value is -12.9. The maximum atomic E-state index is 13.5. The summed E-state index contributed by atoms with van der Waals surface area (Å²) in [4.78, 5) is 123. The normalized spacial score (nSPS) is 12.5. The summed E-state index contributed by atoms with van der Waals surface area (Å²) < 4.78 is 80.4. The van der Waals surface area contributed by atoms with E-state index in [2.05, 4.69) is 31.2 Å². The molecule has 0 bridgehead atoms. The first-order chi connectivity index (χ1) is 61.2. The number of carbonyl (C=O) groups is 10. The van der Waals surface area contributed by atoms with Crippen molar-refractivity contribution < 1.29 is 135 Å². The van der Waals surface area contributed by atoms with Gasteiger partial charge in [0.05, 0.1) is 89.0 Å². The fourth-order valence-electron chi connectivity index (χ4n) is 15.1. The maximum Gasteiger partial charge on any atom is 0.306 e. The molecule has 0 radical (unpaired) electrons. The number of fused-ring (bicyclic) bond motifs is 5. The van der Waals surface area contributed by atoms with E-state index in [1.807, 2.05) is 134 Å². The van der Waals surface area contributed by atoms with Crippen molar-refractivity contribution in [3.63, 3.8) is 0 Å². The molecule has 10 aromatic carbocycles. The third kappa shape index (κ3) is 27.8. The lowest BCUT2D eigenvalue weighted by molar-refractivity contribution is -0.152. The highest BCUT2D eigenvalue weighted by Crippen LogP contribution is 2.46. The number of carbonyl (C=O) groups excluding carboxylic acids is 5. The van der Waals surface area contributed by atoms with Crippen LogP contribution < -0.4 is 23.7 Å². The van der Waals surface area contributed by atoms with E-state index in [1.54, 1.807) is 6.92 Å². The van der Waals surface area contributed by atoms with Crippen molar-refractivity contribution in [2.24, 2.45) is 29.6 Å². The highest BCUT2D eigenvalue weighted by molar-refractivity contribution is 5.96. The number of esters is 5. The van der Waals surface area contributed by atoms with Crippen LogP contribution >= 0.6 is 0 Å². The first-order valence-electron chi connectivity index (χ1n) is 42.6. The van der Waals surface area contributed by atoms with Gasteiger partial charge in [-0.05, 0) is 131 Å². The molecule has 674 valence electrons. The first-order valence-corrected chi connectivity index (χ1v) is 42.6. The van der Waals surface area contributed by atoms with Crippen LogP contribution in [0.1, 0.15) is 136 Å². The van der Waals surface area contributed by atoms with Crippen LogP contribution in [0.4, 0.5) is 0 Å². The molecule has 5 unspecified atom stereocenters. The zero-order valence-corrected chi connectivity index (χ0v) is 72.5. The van der Waals surface area contributed by atoms with Gasteiger partial charge < -0.3 is 87.1 Å². The molecule has 0 aliphatic rings. The van der Waals surface area contributed by atoms with Crippen LogP contribution in [0, 0.1) is 36.5 Å². The van der Waals surface area contributed by atoms with Gasteiger partial charge in [-0.15, -0.1) is 0 Å². The monoisotopic (exact) mass is 1750 g/mol. The molecule has 5 N–H and O–H groups in total. The third-order valence-electron chi connectivity index (χ3n) is 21.5. The second-order valence-electron chi connectivity index (χ2n) is 31.4.